The van der Waals surface area contributed by atoms with Crippen molar-refractivity contribution in [3.05, 3.63) is 59.9 Å². The van der Waals surface area contributed by atoms with Gasteiger partial charge in [-0.2, -0.15) is 17.6 Å². The Morgan fingerprint density at radius 2 is 1.80 bits per heavy atom. The maximum absolute atomic E-state index is 13.9. The van der Waals surface area contributed by atoms with Crippen molar-refractivity contribution in [2.45, 2.75) is 18.5 Å². The Bertz CT molecular complexity index is 954. The molecule has 2 aromatic rings. The smallest absolute Gasteiger partial charge is 0.428 e. The average molecular weight is 428 g/mol. The normalized spacial score (nSPS) is 19.3. The van der Waals surface area contributed by atoms with E-state index >= 15 is 0 Å². The second-order valence-electron chi connectivity index (χ2n) is 6.77. The van der Waals surface area contributed by atoms with Crippen LogP contribution in [0.25, 0.3) is 0 Å². The SMILES string of the molecule is CN1CC(c2ccccc2OC(F)(F)C(F)F)C(C(=O)Nc2ccccc2F)C1=O. The molecule has 1 fully saturated rings. The van der Waals surface area contributed by atoms with E-state index in [0.717, 1.165) is 12.1 Å². The zero-order valence-electron chi connectivity index (χ0n) is 15.6. The molecular weight excluding hydrogens is 411 g/mol. The molecule has 160 valence electrons. The lowest BCUT2D eigenvalue weighted by Gasteiger charge is -2.23. The van der Waals surface area contributed by atoms with Gasteiger partial charge in [0, 0.05) is 25.1 Å². The first-order valence-electron chi connectivity index (χ1n) is 8.86. The number of carbonyl (C=O) groups is 2. The van der Waals surface area contributed by atoms with Gasteiger partial charge in [-0.15, -0.1) is 0 Å². The quantitative estimate of drug-likeness (QED) is 0.562. The molecule has 2 unspecified atom stereocenters. The first-order valence-corrected chi connectivity index (χ1v) is 8.86. The number of amides is 2. The minimum atomic E-state index is -4.75. The second kappa shape index (κ2) is 8.29. The Labute approximate surface area is 168 Å². The average Bonchev–Trinajstić information content (AvgIpc) is 2.98. The Balaban J connectivity index is 1.94. The first-order chi connectivity index (χ1) is 14.1. The van der Waals surface area contributed by atoms with E-state index in [1.165, 1.54) is 48.3 Å². The Morgan fingerprint density at radius 1 is 1.17 bits per heavy atom. The molecule has 0 saturated carbocycles. The van der Waals surface area contributed by atoms with Gasteiger partial charge in [0.15, 0.2) is 0 Å². The zero-order valence-corrected chi connectivity index (χ0v) is 15.6. The summed E-state index contributed by atoms with van der Waals surface area (Å²) in [6, 6.07) is 10.4. The standard InChI is InChI=1S/C20H17F5N2O3/c1-27-10-12(11-6-2-5-9-15(11)30-20(24,25)19(22)23)16(18(27)29)17(28)26-14-8-4-3-7-13(14)21/h2-9,12,16,19H,10H2,1H3,(H,26,28). The highest BCUT2D eigenvalue weighted by Crippen LogP contribution is 2.40. The third-order valence-electron chi connectivity index (χ3n) is 4.75. The van der Waals surface area contributed by atoms with Crippen molar-refractivity contribution in [2.24, 2.45) is 5.92 Å². The van der Waals surface area contributed by atoms with Crippen molar-refractivity contribution in [2.75, 3.05) is 18.9 Å². The van der Waals surface area contributed by atoms with Crippen LogP contribution in [0.5, 0.6) is 5.75 Å². The van der Waals surface area contributed by atoms with Crippen LogP contribution in [0.1, 0.15) is 11.5 Å². The summed E-state index contributed by atoms with van der Waals surface area (Å²) in [6.07, 6.45) is -8.83. The van der Waals surface area contributed by atoms with Crippen LogP contribution >= 0.6 is 0 Å². The number of benzene rings is 2. The van der Waals surface area contributed by atoms with Crippen molar-refractivity contribution in [1.82, 2.24) is 4.90 Å². The third-order valence-corrected chi connectivity index (χ3v) is 4.75. The van der Waals surface area contributed by atoms with Gasteiger partial charge < -0.3 is 15.0 Å². The summed E-state index contributed by atoms with van der Waals surface area (Å²) < 4.78 is 70.2. The van der Waals surface area contributed by atoms with Gasteiger partial charge in [-0.1, -0.05) is 30.3 Å². The number of carbonyl (C=O) groups excluding carboxylic acids is 2. The third kappa shape index (κ3) is 4.22. The van der Waals surface area contributed by atoms with E-state index in [4.69, 9.17) is 0 Å². The highest BCUT2D eigenvalue weighted by atomic mass is 19.3. The number of nitrogens with one attached hydrogen (secondary N) is 1. The van der Waals surface area contributed by atoms with Crippen LogP contribution in [-0.4, -0.2) is 42.8 Å². The van der Waals surface area contributed by atoms with E-state index < -0.39 is 47.8 Å². The number of ether oxygens (including phenoxy) is 1. The summed E-state index contributed by atoms with van der Waals surface area (Å²) in [5.74, 6) is -5.13. The van der Waals surface area contributed by atoms with Gasteiger partial charge in [-0.05, 0) is 18.2 Å². The summed E-state index contributed by atoms with van der Waals surface area (Å²) in [5.41, 5.74) is -0.165. The molecule has 0 radical (unpaired) electrons. The predicted molar refractivity (Wildman–Crippen MR) is 96.9 cm³/mol. The van der Waals surface area contributed by atoms with Crippen LogP contribution in [0, 0.1) is 11.7 Å². The number of halogens is 5. The monoisotopic (exact) mass is 428 g/mol. The topological polar surface area (TPSA) is 58.6 Å². The number of alkyl halides is 4. The molecule has 1 aliphatic heterocycles. The second-order valence-corrected chi connectivity index (χ2v) is 6.77. The van der Waals surface area contributed by atoms with Gasteiger partial charge in [0.1, 0.15) is 17.5 Å². The molecule has 1 aliphatic rings. The molecule has 30 heavy (non-hydrogen) atoms. The molecule has 1 saturated heterocycles. The van der Waals surface area contributed by atoms with Gasteiger partial charge in [0.25, 0.3) is 0 Å². The lowest BCUT2D eigenvalue weighted by Crippen LogP contribution is -2.35. The van der Waals surface area contributed by atoms with Crippen molar-refractivity contribution < 1.29 is 36.3 Å². The summed E-state index contributed by atoms with van der Waals surface area (Å²) >= 11 is 0. The molecule has 1 heterocycles. The Hall–Kier alpha value is -3.17. The first kappa shape index (κ1) is 21.5. The van der Waals surface area contributed by atoms with Gasteiger partial charge in [0.05, 0.1) is 5.69 Å². The number of likely N-dealkylation sites (tertiary alicyclic amines) is 1. The molecule has 3 rings (SSSR count). The van der Waals surface area contributed by atoms with E-state index in [0.29, 0.717) is 0 Å². The summed E-state index contributed by atoms with van der Waals surface area (Å²) in [7, 11) is 1.41. The highest BCUT2D eigenvalue weighted by molar-refractivity contribution is 6.08. The van der Waals surface area contributed by atoms with Crippen LogP contribution in [0.15, 0.2) is 48.5 Å². The number of para-hydroxylation sites is 2. The maximum atomic E-state index is 13.9. The number of rotatable bonds is 6. The fourth-order valence-corrected chi connectivity index (χ4v) is 3.32. The minimum absolute atomic E-state index is 0.00999. The fourth-order valence-electron chi connectivity index (χ4n) is 3.32. The molecule has 0 bridgehead atoms. The number of hydrogen-bond acceptors (Lipinski definition) is 3. The van der Waals surface area contributed by atoms with Gasteiger partial charge >= 0.3 is 12.5 Å². The molecule has 2 atom stereocenters. The number of hydrogen-bond donors (Lipinski definition) is 1. The molecule has 1 N–H and O–H groups in total. The van der Waals surface area contributed by atoms with Crippen molar-refractivity contribution >= 4 is 17.5 Å². The maximum Gasteiger partial charge on any atom is 0.461 e. The van der Waals surface area contributed by atoms with E-state index in [1.54, 1.807) is 0 Å². The van der Waals surface area contributed by atoms with Crippen molar-refractivity contribution in [1.29, 1.82) is 0 Å². The zero-order chi connectivity index (χ0) is 22.1. The van der Waals surface area contributed by atoms with Gasteiger partial charge in [0.2, 0.25) is 11.8 Å². The number of likely N-dealkylation sites (N-methyl/N-ethyl adjacent to an activating group) is 1. The lowest BCUT2D eigenvalue weighted by atomic mass is 9.87. The fraction of sp³-hybridized carbons (Fsp3) is 0.300. The lowest BCUT2D eigenvalue weighted by molar-refractivity contribution is -0.253. The number of nitrogens with zero attached hydrogens (tertiary/aromatic N) is 1. The molecule has 10 heteroatoms. The number of anilines is 1. The van der Waals surface area contributed by atoms with Gasteiger partial charge in [-0.3, -0.25) is 9.59 Å². The van der Waals surface area contributed by atoms with Crippen LogP contribution < -0.4 is 10.1 Å². The van der Waals surface area contributed by atoms with E-state index in [1.807, 2.05) is 0 Å². The molecule has 2 amide bonds. The van der Waals surface area contributed by atoms with E-state index in [-0.39, 0.29) is 17.8 Å². The van der Waals surface area contributed by atoms with E-state index in [2.05, 4.69) is 10.1 Å². The summed E-state index contributed by atoms with van der Waals surface area (Å²) in [4.78, 5) is 26.6. The largest absolute Gasteiger partial charge is 0.461 e. The van der Waals surface area contributed by atoms with Crippen LogP contribution in [0.3, 0.4) is 0 Å². The summed E-state index contributed by atoms with van der Waals surface area (Å²) in [5, 5.41) is 2.32. The van der Waals surface area contributed by atoms with Crippen molar-refractivity contribution in [3.8, 4) is 5.75 Å². The minimum Gasteiger partial charge on any atom is -0.428 e. The molecule has 5 nitrogen and oxygen atoms in total. The molecular formula is C20H17F5N2O3. The summed E-state index contributed by atoms with van der Waals surface area (Å²) in [6.45, 7) is -0.0468. The Morgan fingerprint density at radius 3 is 2.47 bits per heavy atom. The molecule has 0 aliphatic carbocycles. The molecule has 2 aromatic carbocycles. The van der Waals surface area contributed by atoms with Crippen LogP contribution in [-0.2, 0) is 9.59 Å². The van der Waals surface area contributed by atoms with Gasteiger partial charge in [-0.25, -0.2) is 4.39 Å². The van der Waals surface area contributed by atoms with E-state index in [9.17, 15) is 31.5 Å². The van der Waals surface area contributed by atoms with Crippen LogP contribution in [0.2, 0.25) is 0 Å². The predicted octanol–water partition coefficient (Wildman–Crippen LogP) is 3.87. The van der Waals surface area contributed by atoms with Crippen LogP contribution in [0.4, 0.5) is 27.6 Å². The molecule has 0 aromatic heterocycles. The highest BCUT2D eigenvalue weighted by Gasteiger charge is 2.48. The Kier molecular flexibility index (Phi) is 5.95. The molecule has 0 spiro atoms. The van der Waals surface area contributed by atoms with Crippen molar-refractivity contribution in [3.63, 3.8) is 0 Å².